The number of anilines is 2. The van der Waals surface area contributed by atoms with Gasteiger partial charge in [0.25, 0.3) is 0 Å². The molecule has 2 heterocycles. The number of pyridine rings is 1. The van der Waals surface area contributed by atoms with Gasteiger partial charge < -0.3 is 10.2 Å². The third-order valence-corrected chi connectivity index (χ3v) is 5.26. The van der Waals surface area contributed by atoms with Crippen molar-refractivity contribution < 1.29 is 9.59 Å². The minimum absolute atomic E-state index is 0.0308. The van der Waals surface area contributed by atoms with Crippen LogP contribution in [0.5, 0.6) is 0 Å². The summed E-state index contributed by atoms with van der Waals surface area (Å²) in [5.74, 6) is 0.289. The molecule has 1 N–H and O–H groups in total. The molecule has 3 rings (SSSR count). The molecule has 6 nitrogen and oxygen atoms in total. The lowest BCUT2D eigenvalue weighted by molar-refractivity contribution is -0.118. The molecule has 1 amide bonds. The summed E-state index contributed by atoms with van der Waals surface area (Å²) in [4.78, 5) is 32.8. The Balaban J connectivity index is 1.62. The van der Waals surface area contributed by atoms with Gasteiger partial charge >= 0.3 is 0 Å². The van der Waals surface area contributed by atoms with Gasteiger partial charge in [-0.05, 0) is 43.3 Å². The summed E-state index contributed by atoms with van der Waals surface area (Å²) in [6.07, 6.45) is 3.36. The fourth-order valence-electron chi connectivity index (χ4n) is 3.81. The van der Waals surface area contributed by atoms with Crippen LogP contribution in [0.4, 0.5) is 11.5 Å². The average Bonchev–Trinajstić information content (AvgIpc) is 2.82. The zero-order valence-electron chi connectivity index (χ0n) is 17.7. The summed E-state index contributed by atoms with van der Waals surface area (Å²) in [5.41, 5.74) is 4.07. The van der Waals surface area contributed by atoms with Crippen LogP contribution in [-0.4, -0.2) is 48.8 Å². The topological polar surface area (TPSA) is 65.5 Å². The number of benzene rings is 1. The Morgan fingerprint density at radius 2 is 1.93 bits per heavy atom. The third kappa shape index (κ3) is 4.54. The highest BCUT2D eigenvalue weighted by Crippen LogP contribution is 2.46. The normalized spacial score (nSPS) is 16.2. The first-order valence-electron chi connectivity index (χ1n) is 9.68. The summed E-state index contributed by atoms with van der Waals surface area (Å²) < 4.78 is 0. The second-order valence-corrected chi connectivity index (χ2v) is 8.14. The molecule has 1 aromatic carbocycles. The van der Waals surface area contributed by atoms with Crippen molar-refractivity contribution in [2.24, 2.45) is 0 Å². The molecule has 0 bridgehead atoms. The Hall–Kier alpha value is -2.99. The van der Waals surface area contributed by atoms with E-state index in [0.29, 0.717) is 5.82 Å². The Labute approximate surface area is 172 Å². The standard InChI is InChI=1S/C23H28N4O2/c1-16-10-11-24-21(12-16)25-22(29)15-26(4)14-17(28)13-20-23(2,3)18-8-6-7-9-19(18)27(20)5/h6-13H,14-15H2,1-5H3,(H,24,25,29)/b20-13-. The van der Waals surface area contributed by atoms with Gasteiger partial charge in [0.2, 0.25) is 5.91 Å². The molecule has 0 radical (unpaired) electrons. The maximum absolute atomic E-state index is 12.7. The Bertz CT molecular complexity index is 965. The first-order chi connectivity index (χ1) is 13.7. The predicted molar refractivity (Wildman–Crippen MR) is 116 cm³/mol. The van der Waals surface area contributed by atoms with Gasteiger partial charge in [-0.1, -0.05) is 32.0 Å². The number of carbonyl (C=O) groups excluding carboxylic acids is 2. The van der Waals surface area contributed by atoms with E-state index in [4.69, 9.17) is 0 Å². The average molecular weight is 393 g/mol. The molecule has 0 atom stereocenters. The first-order valence-corrected chi connectivity index (χ1v) is 9.68. The van der Waals surface area contributed by atoms with E-state index < -0.39 is 0 Å². The molecule has 0 saturated heterocycles. The van der Waals surface area contributed by atoms with Crippen molar-refractivity contribution in [3.8, 4) is 0 Å². The molecular weight excluding hydrogens is 364 g/mol. The highest BCUT2D eigenvalue weighted by Gasteiger charge is 2.38. The lowest BCUT2D eigenvalue weighted by Gasteiger charge is -2.24. The van der Waals surface area contributed by atoms with Gasteiger partial charge in [-0.2, -0.15) is 0 Å². The first kappa shape index (κ1) is 20.7. The largest absolute Gasteiger partial charge is 0.347 e. The second-order valence-electron chi connectivity index (χ2n) is 8.14. The number of fused-ring (bicyclic) bond motifs is 1. The molecule has 0 spiro atoms. The quantitative estimate of drug-likeness (QED) is 0.765. The van der Waals surface area contributed by atoms with Crippen molar-refractivity contribution >= 4 is 23.2 Å². The van der Waals surface area contributed by atoms with Crippen molar-refractivity contribution in [2.45, 2.75) is 26.2 Å². The van der Waals surface area contributed by atoms with Crippen LogP contribution in [0.1, 0.15) is 25.0 Å². The fraction of sp³-hybridized carbons (Fsp3) is 0.348. The molecule has 29 heavy (non-hydrogen) atoms. The Morgan fingerprint density at radius 1 is 1.21 bits per heavy atom. The van der Waals surface area contributed by atoms with Crippen LogP contribution in [0.3, 0.4) is 0 Å². The van der Waals surface area contributed by atoms with Crippen molar-refractivity contribution in [1.82, 2.24) is 9.88 Å². The van der Waals surface area contributed by atoms with Crippen molar-refractivity contribution in [3.63, 3.8) is 0 Å². The number of nitrogens with one attached hydrogen (secondary N) is 1. The molecule has 0 unspecified atom stereocenters. The second kappa shape index (κ2) is 8.17. The molecule has 2 aromatic rings. The van der Waals surface area contributed by atoms with E-state index >= 15 is 0 Å². The Morgan fingerprint density at radius 3 is 2.62 bits per heavy atom. The van der Waals surface area contributed by atoms with Gasteiger partial charge in [-0.15, -0.1) is 0 Å². The summed E-state index contributed by atoms with van der Waals surface area (Å²) in [7, 11) is 3.75. The van der Waals surface area contributed by atoms with Gasteiger partial charge in [0.1, 0.15) is 5.82 Å². The maximum Gasteiger partial charge on any atom is 0.239 e. The predicted octanol–water partition coefficient (Wildman–Crippen LogP) is 3.14. The van der Waals surface area contributed by atoms with Gasteiger partial charge in [0.15, 0.2) is 5.78 Å². The molecule has 152 valence electrons. The number of rotatable bonds is 6. The Kier molecular flexibility index (Phi) is 5.84. The van der Waals surface area contributed by atoms with Crippen LogP contribution < -0.4 is 10.2 Å². The van der Waals surface area contributed by atoms with Gasteiger partial charge in [-0.25, -0.2) is 4.98 Å². The highest BCUT2D eigenvalue weighted by atomic mass is 16.2. The van der Waals surface area contributed by atoms with E-state index in [1.54, 1.807) is 24.2 Å². The molecule has 6 heteroatoms. The molecule has 1 aromatic heterocycles. The number of para-hydroxylation sites is 1. The van der Waals surface area contributed by atoms with E-state index in [2.05, 4.69) is 41.2 Å². The number of carbonyl (C=O) groups is 2. The van der Waals surface area contributed by atoms with Crippen LogP contribution in [0, 0.1) is 6.92 Å². The molecule has 0 fully saturated rings. The monoisotopic (exact) mass is 392 g/mol. The van der Waals surface area contributed by atoms with Gasteiger partial charge in [-0.3, -0.25) is 14.5 Å². The highest BCUT2D eigenvalue weighted by molar-refractivity contribution is 5.95. The van der Waals surface area contributed by atoms with Crippen LogP contribution in [-0.2, 0) is 15.0 Å². The number of allylic oxidation sites excluding steroid dienone is 1. The third-order valence-electron chi connectivity index (χ3n) is 5.26. The number of likely N-dealkylation sites (N-methyl/N-ethyl adjacent to an activating group) is 2. The van der Waals surface area contributed by atoms with Crippen molar-refractivity contribution in [2.75, 3.05) is 37.4 Å². The smallest absolute Gasteiger partial charge is 0.239 e. The number of aromatic nitrogens is 1. The van der Waals surface area contributed by atoms with E-state index in [1.165, 1.54) is 5.56 Å². The molecule has 1 aliphatic heterocycles. The number of ketones is 1. The van der Waals surface area contributed by atoms with E-state index in [0.717, 1.165) is 16.9 Å². The summed E-state index contributed by atoms with van der Waals surface area (Å²) in [5, 5.41) is 2.77. The number of hydrogen-bond acceptors (Lipinski definition) is 5. The van der Waals surface area contributed by atoms with Crippen LogP contribution >= 0.6 is 0 Å². The summed E-state index contributed by atoms with van der Waals surface area (Å²) in [6, 6.07) is 11.9. The minimum atomic E-state index is -0.242. The number of aryl methyl sites for hydroxylation is 1. The SMILES string of the molecule is Cc1ccnc(NC(=O)CN(C)CC(=O)/C=C2\N(C)c3ccccc3C2(C)C)c1. The summed E-state index contributed by atoms with van der Waals surface area (Å²) >= 11 is 0. The van der Waals surface area contributed by atoms with E-state index in [1.807, 2.05) is 38.2 Å². The number of amides is 1. The molecule has 0 aliphatic carbocycles. The van der Waals surface area contributed by atoms with Crippen molar-refractivity contribution in [1.29, 1.82) is 0 Å². The minimum Gasteiger partial charge on any atom is -0.347 e. The molecule has 1 aliphatic rings. The lowest BCUT2D eigenvalue weighted by atomic mass is 9.83. The van der Waals surface area contributed by atoms with Crippen LogP contribution in [0.2, 0.25) is 0 Å². The van der Waals surface area contributed by atoms with E-state index in [-0.39, 0.29) is 30.2 Å². The number of hydrogen-bond donors (Lipinski definition) is 1. The van der Waals surface area contributed by atoms with Crippen molar-refractivity contribution in [3.05, 3.63) is 65.5 Å². The van der Waals surface area contributed by atoms with E-state index in [9.17, 15) is 9.59 Å². The van der Waals surface area contributed by atoms with Gasteiger partial charge in [0.05, 0.1) is 13.1 Å². The lowest BCUT2D eigenvalue weighted by Crippen LogP contribution is -2.34. The zero-order chi connectivity index (χ0) is 21.2. The zero-order valence-corrected chi connectivity index (χ0v) is 17.7. The number of nitrogens with zero attached hydrogens (tertiary/aromatic N) is 3. The van der Waals surface area contributed by atoms with Crippen LogP contribution in [0.15, 0.2) is 54.4 Å². The molecular formula is C23H28N4O2. The van der Waals surface area contributed by atoms with Gasteiger partial charge in [0, 0.05) is 36.1 Å². The fourth-order valence-corrected chi connectivity index (χ4v) is 3.81. The summed E-state index contributed by atoms with van der Waals surface area (Å²) in [6.45, 7) is 6.47. The maximum atomic E-state index is 12.7. The van der Waals surface area contributed by atoms with Crippen LogP contribution in [0.25, 0.3) is 0 Å². The molecule has 0 saturated carbocycles.